The molecule has 0 aliphatic carbocycles. The van der Waals surface area contributed by atoms with Crippen LogP contribution >= 0.6 is 11.6 Å². The first kappa shape index (κ1) is 13.2. The van der Waals surface area contributed by atoms with Crippen LogP contribution < -0.4 is 0 Å². The van der Waals surface area contributed by atoms with Crippen molar-refractivity contribution in [3.63, 3.8) is 0 Å². The third-order valence-corrected chi connectivity index (χ3v) is 4.33. The van der Waals surface area contributed by atoms with Gasteiger partial charge in [0.2, 0.25) is 0 Å². The number of phenolic OH excluding ortho intramolecular Hbond substituents is 1. The Morgan fingerprint density at radius 1 is 0.864 bits per heavy atom. The molecular weight excluding hydrogens is 294 g/mol. The molecule has 4 aromatic rings. The number of para-hydroxylation sites is 1. The second-order valence-electron chi connectivity index (χ2n) is 5.38. The fraction of sp³-hybridized carbons (Fsp3) is 0.0526. The number of phenols is 1. The van der Waals surface area contributed by atoms with Crippen LogP contribution in [0, 0.1) is 0 Å². The third-order valence-electron chi connectivity index (χ3n) is 4.02. The molecule has 4 rings (SSSR count). The van der Waals surface area contributed by atoms with Crippen molar-refractivity contribution in [3.05, 3.63) is 77.3 Å². The third kappa shape index (κ3) is 1.96. The fourth-order valence-electron chi connectivity index (χ4n) is 3.07. The van der Waals surface area contributed by atoms with Crippen LogP contribution in [0.2, 0.25) is 5.02 Å². The molecule has 2 nitrogen and oxygen atoms in total. The van der Waals surface area contributed by atoms with Crippen LogP contribution in [0.25, 0.3) is 21.8 Å². The lowest BCUT2D eigenvalue weighted by molar-refractivity contribution is 0.482. The SMILES string of the molecule is Oc1cccc2c1c1cccc(Cl)c1n2Cc1ccccc1. The molecule has 1 heterocycles. The van der Waals surface area contributed by atoms with Crippen LogP contribution in [-0.4, -0.2) is 9.67 Å². The molecule has 0 bridgehead atoms. The minimum atomic E-state index is 0.288. The zero-order valence-corrected chi connectivity index (χ0v) is 12.6. The van der Waals surface area contributed by atoms with Crippen molar-refractivity contribution in [1.29, 1.82) is 0 Å². The molecule has 0 unspecified atom stereocenters. The van der Waals surface area contributed by atoms with E-state index in [-0.39, 0.29) is 5.75 Å². The Morgan fingerprint density at radius 2 is 1.64 bits per heavy atom. The number of benzene rings is 3. The van der Waals surface area contributed by atoms with Gasteiger partial charge in [0.05, 0.1) is 16.1 Å². The number of hydrogen-bond donors (Lipinski definition) is 1. The molecule has 3 aromatic carbocycles. The summed E-state index contributed by atoms with van der Waals surface area (Å²) in [6.45, 7) is 0.716. The first-order valence-corrected chi connectivity index (χ1v) is 7.56. The molecule has 1 aromatic heterocycles. The number of aromatic hydroxyl groups is 1. The van der Waals surface area contributed by atoms with E-state index in [0.29, 0.717) is 11.6 Å². The summed E-state index contributed by atoms with van der Waals surface area (Å²) >= 11 is 6.45. The molecule has 0 atom stereocenters. The molecule has 0 amide bonds. The van der Waals surface area contributed by atoms with E-state index in [1.807, 2.05) is 48.5 Å². The fourth-order valence-corrected chi connectivity index (χ4v) is 3.35. The van der Waals surface area contributed by atoms with Crippen molar-refractivity contribution >= 4 is 33.4 Å². The summed E-state index contributed by atoms with van der Waals surface area (Å²) < 4.78 is 2.17. The van der Waals surface area contributed by atoms with E-state index >= 15 is 0 Å². The Kier molecular flexibility index (Phi) is 3.05. The number of rotatable bonds is 2. The summed E-state index contributed by atoms with van der Waals surface area (Å²) in [6, 6.07) is 21.7. The largest absolute Gasteiger partial charge is 0.507 e. The van der Waals surface area contributed by atoms with Gasteiger partial charge in [0.25, 0.3) is 0 Å². The second-order valence-corrected chi connectivity index (χ2v) is 5.79. The molecule has 108 valence electrons. The summed E-state index contributed by atoms with van der Waals surface area (Å²) in [6.07, 6.45) is 0. The Labute approximate surface area is 133 Å². The van der Waals surface area contributed by atoms with E-state index in [9.17, 15) is 5.11 Å². The van der Waals surface area contributed by atoms with Crippen molar-refractivity contribution in [3.8, 4) is 5.75 Å². The van der Waals surface area contributed by atoms with Gasteiger partial charge in [-0.1, -0.05) is 60.1 Å². The molecule has 3 heteroatoms. The van der Waals surface area contributed by atoms with Gasteiger partial charge in [-0.3, -0.25) is 0 Å². The van der Waals surface area contributed by atoms with Crippen LogP contribution in [0.15, 0.2) is 66.7 Å². The molecule has 0 spiro atoms. The van der Waals surface area contributed by atoms with E-state index in [4.69, 9.17) is 11.6 Å². The van der Waals surface area contributed by atoms with E-state index in [1.54, 1.807) is 6.07 Å². The van der Waals surface area contributed by atoms with Crippen LogP contribution in [0.3, 0.4) is 0 Å². The first-order valence-electron chi connectivity index (χ1n) is 7.18. The minimum absolute atomic E-state index is 0.288. The van der Waals surface area contributed by atoms with Gasteiger partial charge in [0, 0.05) is 17.3 Å². The molecule has 0 saturated heterocycles. The van der Waals surface area contributed by atoms with Crippen molar-refractivity contribution in [2.45, 2.75) is 6.54 Å². The number of fused-ring (bicyclic) bond motifs is 3. The van der Waals surface area contributed by atoms with Gasteiger partial charge < -0.3 is 9.67 Å². The Hall–Kier alpha value is -2.45. The maximum atomic E-state index is 10.3. The quantitative estimate of drug-likeness (QED) is 0.541. The average molecular weight is 308 g/mol. The number of nitrogens with zero attached hydrogens (tertiary/aromatic N) is 1. The van der Waals surface area contributed by atoms with Gasteiger partial charge in [-0.25, -0.2) is 0 Å². The number of aromatic nitrogens is 1. The highest BCUT2D eigenvalue weighted by Gasteiger charge is 2.15. The van der Waals surface area contributed by atoms with Crippen molar-refractivity contribution in [2.75, 3.05) is 0 Å². The molecule has 1 N–H and O–H groups in total. The molecule has 0 saturated carbocycles. The number of hydrogen-bond acceptors (Lipinski definition) is 1. The summed E-state index contributed by atoms with van der Waals surface area (Å²) in [5, 5.41) is 12.8. The summed E-state index contributed by atoms with van der Waals surface area (Å²) in [7, 11) is 0. The highest BCUT2D eigenvalue weighted by atomic mass is 35.5. The minimum Gasteiger partial charge on any atom is -0.507 e. The monoisotopic (exact) mass is 307 g/mol. The predicted molar refractivity (Wildman–Crippen MR) is 91.7 cm³/mol. The standard InChI is InChI=1S/C19H14ClNO/c20-15-9-4-8-14-18-16(10-5-11-17(18)22)21(19(14)15)12-13-6-2-1-3-7-13/h1-11,22H,12H2. The summed E-state index contributed by atoms with van der Waals surface area (Å²) in [5.74, 6) is 0.288. The second kappa shape index (κ2) is 5.08. The normalized spacial score (nSPS) is 11.3. The van der Waals surface area contributed by atoms with Crippen LogP contribution in [0.1, 0.15) is 5.56 Å². The zero-order chi connectivity index (χ0) is 15.1. The maximum Gasteiger partial charge on any atom is 0.125 e. The molecule has 0 fully saturated rings. The Morgan fingerprint density at radius 3 is 2.45 bits per heavy atom. The molecule has 0 radical (unpaired) electrons. The highest BCUT2D eigenvalue weighted by molar-refractivity contribution is 6.36. The lowest BCUT2D eigenvalue weighted by Gasteiger charge is -2.08. The maximum absolute atomic E-state index is 10.3. The predicted octanol–water partition coefficient (Wildman–Crippen LogP) is 5.20. The molecule has 0 aliphatic rings. The van der Waals surface area contributed by atoms with Crippen LogP contribution in [0.4, 0.5) is 0 Å². The van der Waals surface area contributed by atoms with Crippen molar-refractivity contribution in [2.24, 2.45) is 0 Å². The smallest absolute Gasteiger partial charge is 0.125 e. The Balaban J connectivity index is 2.08. The van der Waals surface area contributed by atoms with E-state index in [0.717, 1.165) is 21.8 Å². The number of halogens is 1. The molecule has 22 heavy (non-hydrogen) atoms. The van der Waals surface area contributed by atoms with E-state index in [1.165, 1.54) is 5.56 Å². The van der Waals surface area contributed by atoms with Crippen LogP contribution in [-0.2, 0) is 6.54 Å². The van der Waals surface area contributed by atoms with Crippen LogP contribution in [0.5, 0.6) is 5.75 Å². The van der Waals surface area contributed by atoms with E-state index in [2.05, 4.69) is 16.7 Å². The van der Waals surface area contributed by atoms with Gasteiger partial charge in [0.1, 0.15) is 5.75 Å². The van der Waals surface area contributed by atoms with Gasteiger partial charge in [0.15, 0.2) is 0 Å². The summed E-state index contributed by atoms with van der Waals surface area (Å²) in [5.41, 5.74) is 3.15. The van der Waals surface area contributed by atoms with Gasteiger partial charge in [-0.05, 0) is 23.8 Å². The summed E-state index contributed by atoms with van der Waals surface area (Å²) in [4.78, 5) is 0. The topological polar surface area (TPSA) is 25.2 Å². The van der Waals surface area contributed by atoms with Gasteiger partial charge >= 0.3 is 0 Å². The van der Waals surface area contributed by atoms with E-state index < -0.39 is 0 Å². The highest BCUT2D eigenvalue weighted by Crippen LogP contribution is 2.38. The molecule has 0 aliphatic heterocycles. The molecular formula is C19H14ClNO. The van der Waals surface area contributed by atoms with Gasteiger partial charge in [-0.15, -0.1) is 0 Å². The lowest BCUT2D eigenvalue weighted by Crippen LogP contribution is -1.99. The Bertz CT molecular complexity index is 973. The zero-order valence-electron chi connectivity index (χ0n) is 11.8. The average Bonchev–Trinajstić information content (AvgIpc) is 2.85. The first-order chi connectivity index (χ1) is 10.8. The van der Waals surface area contributed by atoms with Gasteiger partial charge in [-0.2, -0.15) is 0 Å². The lowest BCUT2D eigenvalue weighted by atomic mass is 10.1. The van der Waals surface area contributed by atoms with Crippen molar-refractivity contribution in [1.82, 2.24) is 4.57 Å². The van der Waals surface area contributed by atoms with Crippen molar-refractivity contribution < 1.29 is 5.11 Å².